The Kier molecular flexibility index (Phi) is 6.36. The third kappa shape index (κ3) is 4.91. The summed E-state index contributed by atoms with van der Waals surface area (Å²) in [5, 5.41) is 3.14. The SMILES string of the molecule is CCCCN(CC(N)=O)c1ccc(CNC)cc1C. The van der Waals surface area contributed by atoms with Gasteiger partial charge < -0.3 is 16.0 Å². The van der Waals surface area contributed by atoms with Gasteiger partial charge in [0.2, 0.25) is 5.91 Å². The molecule has 0 saturated heterocycles. The Bertz CT molecular complexity index is 418. The van der Waals surface area contributed by atoms with E-state index in [1.54, 1.807) is 0 Å². The molecule has 0 bridgehead atoms. The first-order valence-electron chi connectivity index (χ1n) is 6.85. The molecule has 0 unspecified atom stereocenters. The number of anilines is 1. The lowest BCUT2D eigenvalue weighted by Gasteiger charge is -2.25. The van der Waals surface area contributed by atoms with Crippen molar-refractivity contribution in [1.29, 1.82) is 0 Å². The van der Waals surface area contributed by atoms with E-state index >= 15 is 0 Å². The van der Waals surface area contributed by atoms with Gasteiger partial charge in [-0.15, -0.1) is 0 Å². The molecule has 19 heavy (non-hydrogen) atoms. The summed E-state index contributed by atoms with van der Waals surface area (Å²) in [6.45, 7) is 6.23. The second-order valence-electron chi connectivity index (χ2n) is 4.89. The minimum Gasteiger partial charge on any atom is -0.368 e. The van der Waals surface area contributed by atoms with Crippen LogP contribution in [0.2, 0.25) is 0 Å². The van der Waals surface area contributed by atoms with E-state index in [4.69, 9.17) is 5.73 Å². The van der Waals surface area contributed by atoms with E-state index in [2.05, 4.69) is 42.3 Å². The summed E-state index contributed by atoms with van der Waals surface area (Å²) in [5.74, 6) is -0.283. The van der Waals surface area contributed by atoms with Crippen molar-refractivity contribution in [3.05, 3.63) is 29.3 Å². The van der Waals surface area contributed by atoms with Crippen LogP contribution in [0.4, 0.5) is 5.69 Å². The Labute approximate surface area is 116 Å². The standard InChI is InChI=1S/C15H25N3O/c1-4-5-8-18(11-15(16)19)14-7-6-13(10-17-3)9-12(14)2/h6-7,9,17H,4-5,8,10-11H2,1-3H3,(H2,16,19). The highest BCUT2D eigenvalue weighted by molar-refractivity contribution is 5.80. The molecule has 0 heterocycles. The second-order valence-corrected chi connectivity index (χ2v) is 4.89. The summed E-state index contributed by atoms with van der Waals surface area (Å²) in [6, 6.07) is 6.34. The monoisotopic (exact) mass is 263 g/mol. The molecule has 0 aliphatic rings. The highest BCUT2D eigenvalue weighted by Gasteiger charge is 2.11. The van der Waals surface area contributed by atoms with Crippen molar-refractivity contribution in [3.63, 3.8) is 0 Å². The number of primary amides is 1. The molecule has 1 amide bonds. The first-order chi connectivity index (χ1) is 9.08. The average molecular weight is 263 g/mol. The van der Waals surface area contributed by atoms with Crippen molar-refractivity contribution in [2.75, 3.05) is 25.0 Å². The third-order valence-electron chi connectivity index (χ3n) is 3.11. The van der Waals surface area contributed by atoms with Crippen molar-refractivity contribution in [1.82, 2.24) is 5.32 Å². The van der Waals surface area contributed by atoms with Crippen molar-refractivity contribution in [3.8, 4) is 0 Å². The quantitative estimate of drug-likeness (QED) is 0.752. The number of nitrogens with one attached hydrogen (secondary N) is 1. The smallest absolute Gasteiger partial charge is 0.236 e. The van der Waals surface area contributed by atoms with Gasteiger partial charge in [0.1, 0.15) is 0 Å². The first-order valence-corrected chi connectivity index (χ1v) is 6.85. The summed E-state index contributed by atoms with van der Waals surface area (Å²) in [6.07, 6.45) is 2.16. The third-order valence-corrected chi connectivity index (χ3v) is 3.11. The van der Waals surface area contributed by atoms with Crippen LogP contribution in [0.1, 0.15) is 30.9 Å². The number of benzene rings is 1. The zero-order valence-electron chi connectivity index (χ0n) is 12.2. The lowest BCUT2D eigenvalue weighted by molar-refractivity contribution is -0.116. The van der Waals surface area contributed by atoms with E-state index in [9.17, 15) is 4.79 Å². The van der Waals surface area contributed by atoms with E-state index in [-0.39, 0.29) is 12.5 Å². The molecule has 4 nitrogen and oxygen atoms in total. The van der Waals surface area contributed by atoms with Crippen LogP contribution >= 0.6 is 0 Å². The summed E-state index contributed by atoms with van der Waals surface area (Å²) in [5.41, 5.74) is 8.88. The van der Waals surface area contributed by atoms with Gasteiger partial charge in [-0.05, 0) is 37.6 Å². The van der Waals surface area contributed by atoms with Crippen molar-refractivity contribution >= 4 is 11.6 Å². The van der Waals surface area contributed by atoms with Gasteiger partial charge in [-0.3, -0.25) is 4.79 Å². The van der Waals surface area contributed by atoms with E-state index < -0.39 is 0 Å². The van der Waals surface area contributed by atoms with Crippen LogP contribution in [0.5, 0.6) is 0 Å². The number of carbonyl (C=O) groups excluding carboxylic acids is 1. The lowest BCUT2D eigenvalue weighted by atomic mass is 10.1. The van der Waals surface area contributed by atoms with Gasteiger partial charge in [-0.25, -0.2) is 0 Å². The van der Waals surface area contributed by atoms with Crippen LogP contribution in [-0.2, 0) is 11.3 Å². The predicted molar refractivity (Wildman–Crippen MR) is 80.3 cm³/mol. The van der Waals surface area contributed by atoms with Crippen LogP contribution in [-0.4, -0.2) is 26.0 Å². The number of hydrogen-bond donors (Lipinski definition) is 2. The zero-order valence-corrected chi connectivity index (χ0v) is 12.2. The van der Waals surface area contributed by atoms with E-state index in [0.29, 0.717) is 0 Å². The van der Waals surface area contributed by atoms with Gasteiger partial charge in [0.15, 0.2) is 0 Å². The Hall–Kier alpha value is -1.55. The number of unbranched alkanes of at least 4 members (excludes halogenated alkanes) is 1. The molecule has 0 aliphatic carbocycles. The summed E-state index contributed by atoms with van der Waals surface area (Å²) < 4.78 is 0. The summed E-state index contributed by atoms with van der Waals surface area (Å²) >= 11 is 0. The molecule has 0 fully saturated rings. The summed E-state index contributed by atoms with van der Waals surface area (Å²) in [4.78, 5) is 13.3. The lowest BCUT2D eigenvalue weighted by Crippen LogP contribution is -2.35. The molecule has 1 aromatic rings. The Balaban J connectivity index is 2.90. The minimum atomic E-state index is -0.283. The van der Waals surface area contributed by atoms with Crippen LogP contribution in [0.15, 0.2) is 18.2 Å². The van der Waals surface area contributed by atoms with Gasteiger partial charge in [0.05, 0.1) is 6.54 Å². The molecule has 3 N–H and O–H groups in total. The van der Waals surface area contributed by atoms with Crippen LogP contribution < -0.4 is 16.0 Å². The fourth-order valence-electron chi connectivity index (χ4n) is 2.21. The van der Waals surface area contributed by atoms with Crippen molar-refractivity contribution in [2.24, 2.45) is 5.73 Å². The van der Waals surface area contributed by atoms with Gasteiger partial charge in [-0.2, -0.15) is 0 Å². The molecule has 0 spiro atoms. The molecule has 4 heteroatoms. The predicted octanol–water partition coefficient (Wildman–Crippen LogP) is 1.81. The Morgan fingerprint density at radius 1 is 1.42 bits per heavy atom. The Morgan fingerprint density at radius 2 is 2.16 bits per heavy atom. The zero-order chi connectivity index (χ0) is 14.3. The highest BCUT2D eigenvalue weighted by atomic mass is 16.1. The number of nitrogens with two attached hydrogens (primary N) is 1. The number of rotatable bonds is 8. The van der Waals surface area contributed by atoms with Gasteiger partial charge in [0.25, 0.3) is 0 Å². The van der Waals surface area contributed by atoms with Crippen LogP contribution in [0, 0.1) is 6.92 Å². The molecule has 0 aromatic heterocycles. The normalized spacial score (nSPS) is 10.5. The fourth-order valence-corrected chi connectivity index (χ4v) is 2.21. The maximum absolute atomic E-state index is 11.2. The Morgan fingerprint density at radius 3 is 2.68 bits per heavy atom. The molecule has 0 saturated carbocycles. The van der Waals surface area contributed by atoms with E-state index in [0.717, 1.165) is 31.6 Å². The molecule has 0 aliphatic heterocycles. The first kappa shape index (κ1) is 15.5. The average Bonchev–Trinajstić information content (AvgIpc) is 2.35. The molecule has 0 radical (unpaired) electrons. The minimum absolute atomic E-state index is 0.283. The molecule has 106 valence electrons. The highest BCUT2D eigenvalue weighted by Crippen LogP contribution is 2.21. The maximum atomic E-state index is 11.2. The number of hydrogen-bond acceptors (Lipinski definition) is 3. The molecular formula is C15H25N3O. The molecule has 1 aromatic carbocycles. The summed E-state index contributed by atoms with van der Waals surface area (Å²) in [7, 11) is 1.93. The van der Waals surface area contributed by atoms with E-state index in [1.165, 1.54) is 11.1 Å². The fraction of sp³-hybridized carbons (Fsp3) is 0.533. The number of nitrogens with zero attached hydrogens (tertiary/aromatic N) is 1. The second kappa shape index (κ2) is 7.79. The van der Waals surface area contributed by atoms with Crippen molar-refractivity contribution in [2.45, 2.75) is 33.2 Å². The van der Waals surface area contributed by atoms with E-state index in [1.807, 2.05) is 7.05 Å². The number of carbonyl (C=O) groups is 1. The van der Waals surface area contributed by atoms with Gasteiger partial charge in [-0.1, -0.05) is 25.5 Å². The van der Waals surface area contributed by atoms with Crippen LogP contribution in [0.25, 0.3) is 0 Å². The van der Waals surface area contributed by atoms with Crippen LogP contribution in [0.3, 0.4) is 0 Å². The van der Waals surface area contributed by atoms with Gasteiger partial charge >= 0.3 is 0 Å². The topological polar surface area (TPSA) is 58.4 Å². The number of aryl methyl sites for hydroxylation is 1. The number of amides is 1. The van der Waals surface area contributed by atoms with Crippen molar-refractivity contribution < 1.29 is 4.79 Å². The molecule has 1 rings (SSSR count). The molecule has 0 atom stereocenters. The largest absolute Gasteiger partial charge is 0.368 e. The maximum Gasteiger partial charge on any atom is 0.236 e. The van der Waals surface area contributed by atoms with Gasteiger partial charge in [0, 0.05) is 18.8 Å². The molecular weight excluding hydrogens is 238 g/mol.